The van der Waals surface area contributed by atoms with Crippen LogP contribution in [0.5, 0.6) is 0 Å². The first-order valence-electron chi connectivity index (χ1n) is 31.9. The fourth-order valence-corrected chi connectivity index (χ4v) is 21.6. The van der Waals surface area contributed by atoms with E-state index in [1.165, 1.54) is 89.9 Å². The van der Waals surface area contributed by atoms with Crippen molar-refractivity contribution in [1.29, 1.82) is 0 Å². The Hall–Kier alpha value is -1.51. The van der Waals surface area contributed by atoms with Crippen molar-refractivity contribution in [2.75, 3.05) is 26.4 Å². The minimum atomic E-state index is -0.426. The number of aliphatic hydroxyl groups is 3. The van der Waals surface area contributed by atoms with Crippen LogP contribution < -0.4 is 0 Å². The molecule has 2 saturated heterocycles. The quantitative estimate of drug-likeness (QED) is 0.179. The van der Waals surface area contributed by atoms with E-state index >= 15 is 0 Å². The zero-order chi connectivity index (χ0) is 52.3. The SMILES string of the molecule is CC[C@]1(O)CC[C@@]2(C)[C@@H](CC[C@@H]3[C@@H]2CC[C@]2(C)[C@@H]([C@H](C)[C@@H](O)CC4CCOCC4)CC[C@@H]32)C1.CC[C@]1(O)CC[C@@]2(C)[C@@H](CC[C@@H]3[C@@H]2CC[C@]2(C)[C@@H]([C@H](C)[C@H](CC4CCOCC4)OC(=O)c4ccccc4)CC[C@@H]32)C1. The molecular formula is C67H108O7. The van der Waals surface area contributed by atoms with E-state index in [-0.39, 0.29) is 18.2 Å². The number of carbonyl (C=O) groups is 1. The Morgan fingerprint density at radius 1 is 0.554 bits per heavy atom. The second kappa shape index (κ2) is 22.2. The Morgan fingerprint density at radius 3 is 1.47 bits per heavy atom. The van der Waals surface area contributed by atoms with Gasteiger partial charge >= 0.3 is 5.97 Å². The van der Waals surface area contributed by atoms with Gasteiger partial charge in [-0.2, -0.15) is 0 Å². The number of rotatable bonds is 12. The predicted molar refractivity (Wildman–Crippen MR) is 297 cm³/mol. The average Bonchev–Trinajstić information content (AvgIpc) is 3.97. The molecule has 7 nitrogen and oxygen atoms in total. The van der Waals surface area contributed by atoms with Gasteiger partial charge in [-0.3, -0.25) is 0 Å². The van der Waals surface area contributed by atoms with E-state index in [4.69, 9.17) is 14.2 Å². The normalized spacial score (nSPS) is 45.9. The van der Waals surface area contributed by atoms with E-state index in [0.717, 1.165) is 145 Å². The lowest BCUT2D eigenvalue weighted by Crippen LogP contribution is -2.56. The van der Waals surface area contributed by atoms with Gasteiger partial charge in [0.2, 0.25) is 0 Å². The van der Waals surface area contributed by atoms with Gasteiger partial charge in [0.05, 0.1) is 22.9 Å². The summed E-state index contributed by atoms with van der Waals surface area (Å²) in [4.78, 5) is 13.3. The fourth-order valence-electron chi connectivity index (χ4n) is 21.6. The number of aliphatic hydroxyl groups excluding tert-OH is 1. The maximum absolute atomic E-state index is 13.3. The lowest BCUT2D eigenvalue weighted by Gasteiger charge is -2.62. The van der Waals surface area contributed by atoms with Crippen molar-refractivity contribution in [1.82, 2.24) is 0 Å². The van der Waals surface area contributed by atoms with Gasteiger partial charge in [0.1, 0.15) is 6.10 Å². The van der Waals surface area contributed by atoms with Gasteiger partial charge in [-0.15, -0.1) is 0 Å². The number of hydrogen-bond acceptors (Lipinski definition) is 7. The Balaban J connectivity index is 0.000000173. The van der Waals surface area contributed by atoms with Crippen LogP contribution in [0, 0.1) is 105 Å². The minimum absolute atomic E-state index is 0.0394. The van der Waals surface area contributed by atoms with E-state index in [1.807, 2.05) is 30.3 Å². The van der Waals surface area contributed by atoms with E-state index in [9.17, 15) is 20.1 Å². The molecule has 8 aliphatic carbocycles. The number of ether oxygens (including phenoxy) is 3. The number of carbonyl (C=O) groups excluding carboxylic acids is 1. The summed E-state index contributed by atoms with van der Waals surface area (Å²) in [7, 11) is 0. The molecule has 0 amide bonds. The summed E-state index contributed by atoms with van der Waals surface area (Å²) in [5.74, 6) is 9.53. The molecule has 7 heteroatoms. The van der Waals surface area contributed by atoms with Gasteiger partial charge in [0.25, 0.3) is 0 Å². The summed E-state index contributed by atoms with van der Waals surface area (Å²) in [5.41, 5.74) is 1.43. The van der Waals surface area contributed by atoms with Crippen LogP contribution in [0.4, 0.5) is 0 Å². The van der Waals surface area contributed by atoms with Crippen LogP contribution in [0.25, 0.3) is 0 Å². The number of benzene rings is 1. The van der Waals surface area contributed by atoms with Crippen LogP contribution in [0.1, 0.15) is 233 Å². The van der Waals surface area contributed by atoms with E-state index < -0.39 is 11.2 Å². The molecule has 0 unspecified atom stereocenters. The summed E-state index contributed by atoms with van der Waals surface area (Å²) in [6.45, 7) is 23.0. The van der Waals surface area contributed by atoms with E-state index in [1.54, 1.807) is 0 Å². The van der Waals surface area contributed by atoms with Crippen molar-refractivity contribution in [2.24, 2.45) is 105 Å². The summed E-state index contributed by atoms with van der Waals surface area (Å²) in [5, 5.41) is 33.5. The Kier molecular flexibility index (Phi) is 16.7. The first-order valence-corrected chi connectivity index (χ1v) is 31.9. The van der Waals surface area contributed by atoms with Crippen molar-refractivity contribution >= 4 is 5.97 Å². The topological polar surface area (TPSA) is 105 Å². The first kappa shape index (κ1) is 55.8. The average molecular weight is 1030 g/mol. The molecule has 0 aromatic heterocycles. The molecule has 0 spiro atoms. The summed E-state index contributed by atoms with van der Waals surface area (Å²) < 4.78 is 17.7. The van der Waals surface area contributed by atoms with Gasteiger partial charge in [-0.05, 0) is 284 Å². The highest BCUT2D eigenvalue weighted by Crippen LogP contribution is 2.71. The Bertz CT molecular complexity index is 2020. The lowest BCUT2D eigenvalue weighted by atomic mass is 9.43. The predicted octanol–water partition coefficient (Wildman–Crippen LogP) is 15.1. The number of fused-ring (bicyclic) bond motifs is 10. The molecule has 418 valence electrons. The van der Waals surface area contributed by atoms with E-state index in [2.05, 4.69) is 55.4 Å². The minimum Gasteiger partial charge on any atom is -0.458 e. The first-order chi connectivity index (χ1) is 35.4. The largest absolute Gasteiger partial charge is 0.458 e. The van der Waals surface area contributed by atoms with Gasteiger partial charge in [0.15, 0.2) is 0 Å². The van der Waals surface area contributed by atoms with Crippen molar-refractivity contribution in [3.63, 3.8) is 0 Å². The molecule has 10 fully saturated rings. The van der Waals surface area contributed by atoms with Crippen molar-refractivity contribution in [2.45, 2.75) is 246 Å². The third kappa shape index (κ3) is 10.4. The highest BCUT2D eigenvalue weighted by molar-refractivity contribution is 5.89. The smallest absolute Gasteiger partial charge is 0.338 e. The summed E-state index contributed by atoms with van der Waals surface area (Å²) >= 11 is 0. The van der Waals surface area contributed by atoms with E-state index in [0.29, 0.717) is 68.6 Å². The molecule has 11 rings (SSSR count). The number of esters is 1. The second-order valence-electron chi connectivity index (χ2n) is 29.5. The van der Waals surface area contributed by atoms with Crippen LogP contribution in [-0.4, -0.2) is 71.1 Å². The molecule has 10 aliphatic rings. The molecule has 0 radical (unpaired) electrons. The molecule has 1 aromatic rings. The molecular weight excluding hydrogens is 917 g/mol. The highest BCUT2D eigenvalue weighted by atomic mass is 16.5. The third-order valence-corrected chi connectivity index (χ3v) is 26.7. The number of hydrogen-bond donors (Lipinski definition) is 3. The van der Waals surface area contributed by atoms with Crippen molar-refractivity contribution < 1.29 is 34.3 Å². The molecule has 0 bridgehead atoms. The van der Waals surface area contributed by atoms with Gasteiger partial charge in [-0.1, -0.05) is 73.6 Å². The maximum atomic E-state index is 13.3. The monoisotopic (exact) mass is 1020 g/mol. The van der Waals surface area contributed by atoms with Gasteiger partial charge in [0, 0.05) is 26.4 Å². The fraction of sp³-hybridized carbons (Fsp3) is 0.896. The Morgan fingerprint density at radius 2 is 1.00 bits per heavy atom. The zero-order valence-electron chi connectivity index (χ0n) is 48.3. The summed E-state index contributed by atoms with van der Waals surface area (Å²) in [6, 6.07) is 9.59. The molecule has 1 aromatic carbocycles. The molecule has 8 saturated carbocycles. The van der Waals surface area contributed by atoms with Crippen LogP contribution in [0.2, 0.25) is 0 Å². The molecule has 2 aliphatic heterocycles. The van der Waals surface area contributed by atoms with Crippen molar-refractivity contribution in [3.8, 4) is 0 Å². The molecule has 2 heterocycles. The zero-order valence-corrected chi connectivity index (χ0v) is 48.3. The maximum Gasteiger partial charge on any atom is 0.338 e. The standard InChI is InChI=1S/C37H56O4.C30H52O3/c1-5-37(39)20-19-35(3)28(24-37)11-12-29-31-14-13-30(36(31,4)18-15-32(29)35)25(2)33(23-26-16-21-40-22-17-26)41-34(38)27-9-7-6-8-10-27;1-5-30(32)15-14-28(3)22(19-30)6-7-23-25-9-8-24(29(25,4)13-10-26(23)28)20(2)27(31)18-21-11-16-33-17-12-21/h6-10,25-26,28-33,39H,5,11-24H2,1-4H3;20-27,31-32H,5-19H2,1-4H3/t25-,28-,29-,30+,31-,32-,33-,35-,36+,37-;20-,22-,23-,24+,25-,26-,27-,28-,29+,30-/m00/s1. The van der Waals surface area contributed by atoms with Crippen molar-refractivity contribution in [3.05, 3.63) is 35.9 Å². The summed E-state index contributed by atoms with van der Waals surface area (Å²) in [6.07, 6.45) is 30.6. The third-order valence-electron chi connectivity index (χ3n) is 26.7. The lowest BCUT2D eigenvalue weighted by molar-refractivity contribution is -0.154. The second-order valence-corrected chi connectivity index (χ2v) is 29.5. The van der Waals surface area contributed by atoms with Gasteiger partial charge in [-0.25, -0.2) is 4.79 Å². The van der Waals surface area contributed by atoms with Crippen LogP contribution in [0.15, 0.2) is 30.3 Å². The highest BCUT2D eigenvalue weighted by Gasteiger charge is 2.64. The van der Waals surface area contributed by atoms with Crippen LogP contribution in [-0.2, 0) is 14.2 Å². The molecule has 20 atom stereocenters. The van der Waals surface area contributed by atoms with Gasteiger partial charge < -0.3 is 29.5 Å². The molecule has 3 N–H and O–H groups in total. The Labute approximate surface area is 451 Å². The van der Waals surface area contributed by atoms with Crippen LogP contribution in [0.3, 0.4) is 0 Å². The van der Waals surface area contributed by atoms with Crippen LogP contribution >= 0.6 is 0 Å². The molecule has 74 heavy (non-hydrogen) atoms.